The fraction of sp³-hybridized carbons (Fsp3) is 0.385. The van der Waals surface area contributed by atoms with Crippen LogP contribution in [0.25, 0.3) is 28.1 Å². The zero-order valence-corrected chi connectivity index (χ0v) is 66.6. The summed E-state index contributed by atoms with van der Waals surface area (Å²) >= 11 is 0. The number of amides is 4. The Bertz CT molecular complexity index is 5250. The van der Waals surface area contributed by atoms with Crippen LogP contribution < -0.4 is 50.8 Å². The zero-order valence-electron chi connectivity index (χ0n) is 64.2. The minimum absolute atomic E-state index is 0.0217. The van der Waals surface area contributed by atoms with Crippen LogP contribution >= 0.6 is 0 Å². The lowest BCUT2D eigenvalue weighted by molar-refractivity contribution is 0.0270. The van der Waals surface area contributed by atoms with Crippen LogP contribution in [0.4, 0.5) is 48.5 Å². The van der Waals surface area contributed by atoms with Gasteiger partial charge in [-0.2, -0.15) is 16.8 Å². The number of benzene rings is 2. The maximum atomic E-state index is 14.3. The number of hydrogen-bond acceptors (Lipinski definition) is 24. The topological polar surface area (TPSA) is 394 Å². The summed E-state index contributed by atoms with van der Waals surface area (Å²) in [6, 6.07) is 29.2. The molecule has 4 aliphatic rings. The van der Waals surface area contributed by atoms with Crippen LogP contribution in [0.5, 0.6) is 5.75 Å². The van der Waals surface area contributed by atoms with E-state index in [0.717, 1.165) is 40.8 Å². The van der Waals surface area contributed by atoms with Crippen LogP contribution in [-0.2, 0) is 34.8 Å². The Balaban J connectivity index is 0.000000177. The molecule has 4 aliphatic heterocycles. The second kappa shape index (κ2) is 32.9. The third kappa shape index (κ3) is 20.4. The number of alkyl halides is 1. The summed E-state index contributed by atoms with van der Waals surface area (Å²) in [7, 11) is -12.9. The number of hydrogen-bond donors (Lipinski definition) is 6. The van der Waals surface area contributed by atoms with Crippen molar-refractivity contribution in [1.29, 1.82) is 0 Å². The van der Waals surface area contributed by atoms with Gasteiger partial charge in [0.1, 0.15) is 63.1 Å². The SMILES string of the molecule is CC(C)COc1cc(F)cc(-c2ccc(C(=O)NS(=O)(=O)c3cccc(N)n3)c(N3CC(F)C3)n2)c1.CC1CN(c2ncc(C3=CCN(C(=O)OC(C)(C)C)CC3)cc2C(=O)NS(=O)(=O)c2cccc(N)n2)C(C)(C)C1.Cc1cc(C)cc(-c2ccc(C(=O)NS(=O)(=O)c3cccnc3N)c(N3C[C@@H](C)CC3(C)C)n2)c1. The predicted octanol–water partition coefficient (Wildman–Crippen LogP) is 11.1. The lowest BCUT2D eigenvalue weighted by atomic mass is 9.96. The van der Waals surface area contributed by atoms with Gasteiger partial charge in [-0.25, -0.2) is 66.1 Å². The lowest BCUT2D eigenvalue weighted by Gasteiger charge is -2.36. The third-order valence-corrected chi connectivity index (χ3v) is 22.3. The molecule has 8 aromatic rings. The molecule has 2 atom stereocenters. The molecule has 9 N–H and O–H groups in total. The van der Waals surface area contributed by atoms with E-state index < -0.39 is 70.4 Å². The maximum Gasteiger partial charge on any atom is 0.410 e. The summed E-state index contributed by atoms with van der Waals surface area (Å²) in [5, 5.41) is -0.776. The molecule has 590 valence electrons. The van der Waals surface area contributed by atoms with Crippen molar-refractivity contribution < 1.29 is 62.7 Å². The van der Waals surface area contributed by atoms with Gasteiger partial charge in [-0.15, -0.1) is 0 Å². The Morgan fingerprint density at radius 3 is 1.63 bits per heavy atom. The number of anilines is 6. The molecule has 111 heavy (non-hydrogen) atoms. The van der Waals surface area contributed by atoms with E-state index in [0.29, 0.717) is 85.2 Å². The van der Waals surface area contributed by atoms with Gasteiger partial charge in [0.05, 0.1) is 47.8 Å². The molecule has 3 saturated heterocycles. The number of carbonyl (C=O) groups excluding carboxylic acids is 4. The number of ether oxygens (including phenoxy) is 2. The molecule has 6 aromatic heterocycles. The quantitative estimate of drug-likeness (QED) is 0.0465. The van der Waals surface area contributed by atoms with E-state index in [4.69, 9.17) is 36.6 Å². The Hall–Kier alpha value is -10.9. The van der Waals surface area contributed by atoms with Gasteiger partial charge in [0.25, 0.3) is 47.8 Å². The lowest BCUT2D eigenvalue weighted by Crippen LogP contribution is -2.49. The largest absolute Gasteiger partial charge is 0.493 e. The highest BCUT2D eigenvalue weighted by Gasteiger charge is 2.42. The molecule has 3 fully saturated rings. The first-order valence-electron chi connectivity index (χ1n) is 36.0. The average Bonchev–Trinajstić information content (AvgIpc) is 1.71. The second-order valence-corrected chi connectivity index (χ2v) is 35.8. The second-order valence-electron chi connectivity index (χ2n) is 30.9. The zero-order chi connectivity index (χ0) is 81.0. The van der Waals surface area contributed by atoms with Crippen molar-refractivity contribution in [2.24, 2.45) is 17.8 Å². The van der Waals surface area contributed by atoms with Gasteiger partial charge in [0, 0.05) is 66.8 Å². The van der Waals surface area contributed by atoms with E-state index in [-0.39, 0.29) is 86.1 Å². The van der Waals surface area contributed by atoms with Gasteiger partial charge in [-0.05, 0) is 201 Å². The molecule has 0 spiro atoms. The number of pyridine rings is 6. The molecule has 0 bridgehead atoms. The van der Waals surface area contributed by atoms with Gasteiger partial charge in [0.15, 0.2) is 10.1 Å². The summed E-state index contributed by atoms with van der Waals surface area (Å²) in [5.41, 5.74) is 22.2. The highest BCUT2D eigenvalue weighted by Crippen LogP contribution is 2.41. The summed E-state index contributed by atoms with van der Waals surface area (Å²) in [6.45, 7) is 28.6. The van der Waals surface area contributed by atoms with Crippen LogP contribution in [0.2, 0.25) is 0 Å². The molecule has 10 heterocycles. The Morgan fingerprint density at radius 2 is 1.14 bits per heavy atom. The molecule has 0 aliphatic carbocycles. The van der Waals surface area contributed by atoms with E-state index in [9.17, 15) is 53.2 Å². The number of aryl methyl sites for hydroxylation is 2. The van der Waals surface area contributed by atoms with Crippen molar-refractivity contribution >= 4 is 94.4 Å². The molecule has 1 unspecified atom stereocenters. The molecule has 0 saturated carbocycles. The van der Waals surface area contributed by atoms with Crippen molar-refractivity contribution in [2.75, 3.05) is 77.8 Å². The van der Waals surface area contributed by atoms with Gasteiger partial charge in [-0.3, -0.25) is 14.4 Å². The average molecular weight is 1580 g/mol. The first kappa shape index (κ1) is 82.6. The van der Waals surface area contributed by atoms with Crippen molar-refractivity contribution in [1.82, 2.24) is 49.0 Å². The van der Waals surface area contributed by atoms with Crippen molar-refractivity contribution in [3.63, 3.8) is 0 Å². The van der Waals surface area contributed by atoms with Crippen LogP contribution in [-0.4, -0.2) is 153 Å². The molecule has 4 amide bonds. The Morgan fingerprint density at radius 1 is 0.613 bits per heavy atom. The van der Waals surface area contributed by atoms with Gasteiger partial charge < -0.3 is 46.3 Å². The maximum absolute atomic E-state index is 14.3. The van der Waals surface area contributed by atoms with Crippen molar-refractivity contribution in [3.8, 4) is 28.3 Å². The van der Waals surface area contributed by atoms with Gasteiger partial charge in [0.2, 0.25) is 0 Å². The van der Waals surface area contributed by atoms with Crippen LogP contribution in [0.1, 0.15) is 143 Å². The summed E-state index contributed by atoms with van der Waals surface area (Å²) in [5.74, 6) is -1.00. The smallest absolute Gasteiger partial charge is 0.410 e. The number of nitrogens with one attached hydrogen (secondary N) is 3. The summed E-state index contributed by atoms with van der Waals surface area (Å²) in [6.07, 6.45) is 5.84. The van der Waals surface area contributed by atoms with Gasteiger partial charge in [-0.1, -0.05) is 63.1 Å². The van der Waals surface area contributed by atoms with E-state index >= 15 is 0 Å². The summed E-state index contributed by atoms with van der Waals surface area (Å²) < 4.78 is 123. The highest BCUT2D eigenvalue weighted by molar-refractivity contribution is 7.90. The fourth-order valence-corrected chi connectivity index (χ4v) is 16.6. The number of halogens is 2. The minimum Gasteiger partial charge on any atom is -0.493 e. The first-order valence-corrected chi connectivity index (χ1v) is 40.4. The first-order chi connectivity index (χ1) is 51.9. The predicted molar refractivity (Wildman–Crippen MR) is 421 cm³/mol. The molecule has 28 nitrogen and oxygen atoms in total. The number of carbonyl (C=O) groups is 4. The van der Waals surface area contributed by atoms with Crippen LogP contribution in [0.3, 0.4) is 0 Å². The number of aromatic nitrogens is 6. The Kier molecular flexibility index (Phi) is 24.5. The molecule has 12 rings (SSSR count). The number of nitrogen functional groups attached to an aromatic ring is 3. The molecule has 33 heteroatoms. The van der Waals surface area contributed by atoms with Crippen LogP contribution in [0, 0.1) is 37.4 Å². The minimum atomic E-state index is -4.34. The molecular formula is C78H94F2N16O12S3. The molecule has 2 aromatic carbocycles. The van der Waals surface area contributed by atoms with Crippen LogP contribution in [0.15, 0.2) is 149 Å². The highest BCUT2D eigenvalue weighted by atomic mass is 32.2. The number of nitrogens with zero attached hydrogens (tertiary/aromatic N) is 10. The van der Waals surface area contributed by atoms with E-state index in [2.05, 4.69) is 86.8 Å². The molecule has 0 radical (unpaired) electrons. The van der Waals surface area contributed by atoms with E-state index in [1.54, 1.807) is 35.4 Å². The normalized spacial score (nSPS) is 17.0. The van der Waals surface area contributed by atoms with E-state index in [1.807, 2.05) is 71.4 Å². The monoisotopic (exact) mass is 1580 g/mol. The van der Waals surface area contributed by atoms with Crippen molar-refractivity contribution in [2.45, 2.75) is 147 Å². The number of rotatable bonds is 18. The van der Waals surface area contributed by atoms with E-state index in [1.165, 1.54) is 83.9 Å². The summed E-state index contributed by atoms with van der Waals surface area (Å²) in [4.78, 5) is 84.9. The van der Waals surface area contributed by atoms with Gasteiger partial charge >= 0.3 is 6.09 Å². The number of sulfonamides is 3. The fourth-order valence-electron chi connectivity index (χ4n) is 13.6. The van der Waals surface area contributed by atoms with Crippen molar-refractivity contribution in [3.05, 3.63) is 173 Å². The Labute approximate surface area is 646 Å². The molecular weight excluding hydrogens is 1490 g/mol. The third-order valence-electron chi connectivity index (χ3n) is 18.5. The standard InChI is InChI=1S/C28H38N6O5S.C26H31N5O3S.C24H25F2N5O4S/c1-18-15-28(5,6)34(17-18)24-21(25(35)32-40(37,38)23-9-7-8-22(29)31-23)14-20(16-30-24)19-10-12-33(13-11-19)26(36)39-27(2,3)4;1-16-11-17(2)13-19(12-16)21-9-8-20(24(29-21)31-15-18(3)14-26(31,4)5)25(32)30-35(33,34)22-7-6-10-28-23(22)27;1-14(2)13-35-18-9-15(8-16(25)10-18)20-7-6-19(23(28-20)31-11-17(26)12-31)24(32)30-36(33,34)22-5-3-4-21(27)29-22/h7-10,14,16,18H,11-13,15,17H2,1-6H3,(H2,29,31)(H,32,35);6-13,18H,14-15H2,1-5H3,(H2,27,28)(H,30,32);3-10,14,17H,11-13H2,1-2H3,(H2,27,29)(H,30,32)/t;18-;/m.0./s1. The number of nitrogens with two attached hydrogens (primary N) is 3.